The molecule has 0 unspecified atom stereocenters. The second kappa shape index (κ2) is 3.47. The summed E-state index contributed by atoms with van der Waals surface area (Å²) < 4.78 is 29.8. The average molecular weight is 270 g/mol. The first kappa shape index (κ1) is 11.5. The molecule has 0 fully saturated rings. The lowest BCUT2D eigenvalue weighted by Gasteiger charge is -2.17. The summed E-state index contributed by atoms with van der Waals surface area (Å²) in [6, 6.07) is 0. The van der Waals surface area contributed by atoms with Crippen LogP contribution in [0.3, 0.4) is 0 Å². The maximum absolute atomic E-state index is 12.2. The van der Waals surface area contributed by atoms with Gasteiger partial charge in [0.25, 0.3) is 5.56 Å². The zero-order valence-electron chi connectivity index (χ0n) is 10.3. The molecule has 2 heterocycles. The fourth-order valence-electron chi connectivity index (χ4n) is 2.53. The van der Waals surface area contributed by atoms with Crippen LogP contribution in [-0.2, 0) is 23.1 Å². The van der Waals surface area contributed by atoms with E-state index in [4.69, 9.17) is 0 Å². The van der Waals surface area contributed by atoms with Crippen molar-refractivity contribution in [1.29, 1.82) is 0 Å². The van der Waals surface area contributed by atoms with Crippen molar-refractivity contribution in [2.45, 2.75) is 25.7 Å². The van der Waals surface area contributed by atoms with Crippen LogP contribution in [0.5, 0.6) is 0 Å². The summed E-state index contributed by atoms with van der Waals surface area (Å²) in [4.78, 5) is 13.8. The monoisotopic (exact) mass is 270 g/mol. The average Bonchev–Trinajstić information content (AvgIpc) is 2.76. The van der Waals surface area contributed by atoms with Crippen molar-refractivity contribution in [2.24, 2.45) is 4.40 Å². The van der Waals surface area contributed by atoms with E-state index in [-0.39, 0.29) is 5.96 Å². The van der Waals surface area contributed by atoms with Gasteiger partial charge in [0, 0.05) is 19.7 Å². The normalized spacial score (nSPS) is 20.2. The molecule has 2 aliphatic rings. The second-order valence-electron chi connectivity index (χ2n) is 4.76. The number of hydrogen-bond acceptors (Lipinski definition) is 4. The molecule has 0 atom stereocenters. The van der Waals surface area contributed by atoms with Gasteiger partial charge in [-0.1, -0.05) is 0 Å². The summed E-state index contributed by atoms with van der Waals surface area (Å²) in [5.41, 5.74) is 0.976. The summed E-state index contributed by atoms with van der Waals surface area (Å²) >= 11 is 0. The van der Waals surface area contributed by atoms with E-state index >= 15 is 0 Å². The van der Waals surface area contributed by atoms with Gasteiger partial charge in [-0.2, -0.15) is 8.42 Å². The van der Waals surface area contributed by atoms with E-state index in [2.05, 4.69) is 4.40 Å². The molecule has 0 radical (unpaired) electrons. The van der Waals surface area contributed by atoms with Gasteiger partial charge in [0.15, 0.2) is 0 Å². The molecule has 0 spiro atoms. The molecule has 7 nitrogen and oxygen atoms in total. The number of aromatic nitrogens is 2. The van der Waals surface area contributed by atoms with Crippen molar-refractivity contribution in [3.05, 3.63) is 21.6 Å². The van der Waals surface area contributed by atoms with Crippen molar-refractivity contribution in [3.8, 4) is 0 Å². The summed E-state index contributed by atoms with van der Waals surface area (Å²) in [5, 5.41) is 0. The molecule has 1 aliphatic heterocycles. The predicted octanol–water partition coefficient (Wildman–Crippen LogP) is -0.599. The molecule has 0 saturated carbocycles. The molecule has 0 N–H and O–H groups in total. The van der Waals surface area contributed by atoms with E-state index in [1.165, 1.54) is 4.68 Å². The Morgan fingerprint density at radius 1 is 1.22 bits per heavy atom. The maximum Gasteiger partial charge on any atom is 0.369 e. The highest BCUT2D eigenvalue weighted by Gasteiger charge is 2.36. The van der Waals surface area contributed by atoms with Crippen LogP contribution in [0.25, 0.3) is 0 Å². The molecule has 0 amide bonds. The minimum Gasteiger partial charge on any atom is -0.346 e. The van der Waals surface area contributed by atoms with Gasteiger partial charge >= 0.3 is 10.2 Å². The third-order valence-electron chi connectivity index (χ3n) is 3.31. The lowest BCUT2D eigenvalue weighted by Crippen LogP contribution is -2.32. The van der Waals surface area contributed by atoms with Crippen molar-refractivity contribution in [1.82, 2.24) is 13.7 Å². The molecular formula is C10H14N4O3S. The van der Waals surface area contributed by atoms with Crippen LogP contribution in [0, 0.1) is 0 Å². The van der Waals surface area contributed by atoms with Crippen LogP contribution in [-0.4, -0.2) is 42.1 Å². The molecule has 1 aromatic rings. The van der Waals surface area contributed by atoms with Crippen LogP contribution in [0.2, 0.25) is 0 Å². The van der Waals surface area contributed by atoms with E-state index < -0.39 is 15.8 Å². The molecule has 1 aliphatic carbocycles. The van der Waals surface area contributed by atoms with Crippen LogP contribution < -0.4 is 5.56 Å². The SMILES string of the molecule is CN(C)C1=NS(=O)(=O)n2c(=O)c3c(n21)CCCC3. The predicted molar refractivity (Wildman–Crippen MR) is 66.2 cm³/mol. The first-order valence-electron chi connectivity index (χ1n) is 5.82. The van der Waals surface area contributed by atoms with Gasteiger partial charge in [-0.3, -0.25) is 4.79 Å². The lowest BCUT2D eigenvalue weighted by atomic mass is 9.98. The van der Waals surface area contributed by atoms with E-state index in [1.807, 2.05) is 0 Å². The molecule has 98 valence electrons. The fraction of sp³-hybridized carbons (Fsp3) is 0.600. The van der Waals surface area contributed by atoms with Crippen LogP contribution in [0.4, 0.5) is 0 Å². The Morgan fingerprint density at radius 2 is 1.89 bits per heavy atom. The molecule has 0 aromatic carbocycles. The highest BCUT2D eigenvalue weighted by atomic mass is 32.2. The van der Waals surface area contributed by atoms with Crippen LogP contribution >= 0.6 is 0 Å². The molecule has 8 heteroatoms. The minimum absolute atomic E-state index is 0.287. The first-order valence-corrected chi connectivity index (χ1v) is 7.22. The second-order valence-corrected chi connectivity index (χ2v) is 6.18. The summed E-state index contributed by atoms with van der Waals surface area (Å²) in [5.74, 6) is 0.287. The topological polar surface area (TPSA) is 76.7 Å². The van der Waals surface area contributed by atoms with Crippen molar-refractivity contribution in [3.63, 3.8) is 0 Å². The van der Waals surface area contributed by atoms with Crippen LogP contribution in [0.1, 0.15) is 24.1 Å². The largest absolute Gasteiger partial charge is 0.369 e. The zero-order valence-corrected chi connectivity index (χ0v) is 11.1. The van der Waals surface area contributed by atoms with Crippen molar-refractivity contribution >= 4 is 16.2 Å². The summed E-state index contributed by atoms with van der Waals surface area (Å²) in [7, 11) is -0.487. The van der Waals surface area contributed by atoms with Gasteiger partial charge in [-0.05, 0) is 25.7 Å². The first-order chi connectivity index (χ1) is 8.43. The Labute approximate surface area is 105 Å². The highest BCUT2D eigenvalue weighted by molar-refractivity contribution is 7.88. The van der Waals surface area contributed by atoms with Crippen molar-refractivity contribution < 1.29 is 8.42 Å². The number of hydrogen-bond donors (Lipinski definition) is 0. The molecule has 0 bridgehead atoms. The summed E-state index contributed by atoms with van der Waals surface area (Å²) in [6.45, 7) is 0. The zero-order chi connectivity index (χ0) is 13.1. The van der Waals surface area contributed by atoms with Gasteiger partial charge in [-0.25, -0.2) is 4.68 Å². The van der Waals surface area contributed by atoms with Gasteiger partial charge in [0.2, 0.25) is 5.96 Å². The van der Waals surface area contributed by atoms with Crippen LogP contribution in [0.15, 0.2) is 9.19 Å². The van der Waals surface area contributed by atoms with E-state index in [0.717, 1.165) is 29.0 Å². The number of nitrogens with zero attached hydrogens (tertiary/aromatic N) is 4. The summed E-state index contributed by atoms with van der Waals surface area (Å²) in [6.07, 6.45) is 3.27. The van der Waals surface area contributed by atoms with Crippen molar-refractivity contribution in [2.75, 3.05) is 14.1 Å². The maximum atomic E-state index is 12.2. The third-order valence-corrected chi connectivity index (χ3v) is 4.47. The van der Waals surface area contributed by atoms with E-state index in [1.54, 1.807) is 19.0 Å². The minimum atomic E-state index is -3.91. The molecular weight excluding hydrogens is 256 g/mol. The quantitative estimate of drug-likeness (QED) is 0.631. The van der Waals surface area contributed by atoms with E-state index in [9.17, 15) is 13.2 Å². The Morgan fingerprint density at radius 3 is 2.56 bits per heavy atom. The van der Waals surface area contributed by atoms with E-state index in [0.29, 0.717) is 12.0 Å². The number of rotatable bonds is 0. The Kier molecular flexibility index (Phi) is 2.22. The molecule has 18 heavy (non-hydrogen) atoms. The number of fused-ring (bicyclic) bond motifs is 3. The lowest BCUT2D eigenvalue weighted by molar-refractivity contribution is 0.558. The van der Waals surface area contributed by atoms with Gasteiger partial charge in [0.05, 0.1) is 5.69 Å². The Bertz CT molecular complexity index is 708. The van der Waals surface area contributed by atoms with Gasteiger partial charge < -0.3 is 4.90 Å². The smallest absolute Gasteiger partial charge is 0.346 e. The van der Waals surface area contributed by atoms with Gasteiger partial charge in [-0.15, -0.1) is 8.48 Å². The molecule has 0 saturated heterocycles. The highest BCUT2D eigenvalue weighted by Crippen LogP contribution is 2.23. The molecule has 3 rings (SSSR count). The fourth-order valence-corrected chi connectivity index (χ4v) is 3.75. The molecule has 1 aromatic heterocycles. The third kappa shape index (κ3) is 1.32. The Balaban J connectivity index is 2.39. The standard InChI is InChI=1S/C10H14N4O3S/c1-12(2)10-11-18(16,17)14-9(15)7-5-3-4-6-8(7)13(10)14/h3-6H2,1-2H3. The Hall–Kier alpha value is -1.57. The van der Waals surface area contributed by atoms with Gasteiger partial charge in [0.1, 0.15) is 0 Å².